The lowest BCUT2D eigenvalue weighted by Crippen LogP contribution is -2.57. The molecule has 23 heavy (non-hydrogen) atoms. The summed E-state index contributed by atoms with van der Waals surface area (Å²) in [4.78, 5) is 14.7. The monoisotopic (exact) mass is 326 g/mol. The summed E-state index contributed by atoms with van der Waals surface area (Å²) in [5.41, 5.74) is -0.578. The minimum Gasteiger partial charge on any atom is -0.465 e. The Morgan fingerprint density at radius 2 is 1.96 bits per heavy atom. The van der Waals surface area contributed by atoms with Gasteiger partial charge in [-0.15, -0.1) is 0 Å². The highest BCUT2D eigenvalue weighted by Gasteiger charge is 2.40. The number of esters is 1. The van der Waals surface area contributed by atoms with Crippen LogP contribution in [-0.4, -0.2) is 60.4 Å². The molecule has 2 N–H and O–H groups in total. The van der Waals surface area contributed by atoms with Crippen LogP contribution in [0.5, 0.6) is 0 Å². The van der Waals surface area contributed by atoms with E-state index in [0.717, 1.165) is 44.7 Å². The van der Waals surface area contributed by atoms with Gasteiger partial charge in [-0.2, -0.15) is 0 Å². The SMILES string of the molecule is CCOC(=O)C1(NCC(O)CN2CCC(C)CC2)CCCCC1. The average Bonchev–Trinajstić information content (AvgIpc) is 2.56. The zero-order valence-corrected chi connectivity index (χ0v) is 14.9. The van der Waals surface area contributed by atoms with Gasteiger partial charge in [0.25, 0.3) is 0 Å². The molecule has 134 valence electrons. The van der Waals surface area contributed by atoms with E-state index in [1.165, 1.54) is 19.3 Å². The summed E-state index contributed by atoms with van der Waals surface area (Å²) < 4.78 is 5.29. The number of piperidine rings is 1. The molecular formula is C18H34N2O3. The van der Waals surface area contributed by atoms with Crippen LogP contribution in [0, 0.1) is 5.92 Å². The number of hydrogen-bond donors (Lipinski definition) is 2. The normalized spacial score (nSPS) is 24.3. The fourth-order valence-electron chi connectivity index (χ4n) is 3.80. The Hall–Kier alpha value is -0.650. The highest BCUT2D eigenvalue weighted by molar-refractivity contribution is 5.81. The summed E-state index contributed by atoms with van der Waals surface area (Å²) in [5, 5.41) is 13.7. The van der Waals surface area contributed by atoms with Crippen LogP contribution in [0.3, 0.4) is 0 Å². The molecule has 0 spiro atoms. The maximum Gasteiger partial charge on any atom is 0.326 e. The van der Waals surface area contributed by atoms with Gasteiger partial charge in [-0.05, 0) is 51.6 Å². The highest BCUT2D eigenvalue weighted by Crippen LogP contribution is 2.29. The Morgan fingerprint density at radius 1 is 1.30 bits per heavy atom. The van der Waals surface area contributed by atoms with Crippen LogP contribution in [0.25, 0.3) is 0 Å². The van der Waals surface area contributed by atoms with E-state index in [4.69, 9.17) is 4.74 Å². The average molecular weight is 326 g/mol. The minimum absolute atomic E-state index is 0.140. The fraction of sp³-hybridized carbons (Fsp3) is 0.944. The summed E-state index contributed by atoms with van der Waals surface area (Å²) >= 11 is 0. The Kier molecular flexibility index (Phi) is 7.31. The van der Waals surface area contributed by atoms with E-state index < -0.39 is 11.6 Å². The van der Waals surface area contributed by atoms with Crippen molar-refractivity contribution in [2.45, 2.75) is 70.4 Å². The van der Waals surface area contributed by atoms with Gasteiger partial charge in [0.1, 0.15) is 5.54 Å². The molecule has 2 fully saturated rings. The second-order valence-corrected chi connectivity index (χ2v) is 7.38. The molecule has 1 aliphatic heterocycles. The quantitative estimate of drug-likeness (QED) is 0.700. The van der Waals surface area contributed by atoms with E-state index in [-0.39, 0.29) is 5.97 Å². The molecule has 0 radical (unpaired) electrons. The molecule has 1 saturated heterocycles. The van der Waals surface area contributed by atoms with Crippen LogP contribution < -0.4 is 5.32 Å². The fourth-order valence-corrected chi connectivity index (χ4v) is 3.80. The molecule has 1 atom stereocenters. The molecule has 1 saturated carbocycles. The molecule has 1 heterocycles. The number of likely N-dealkylation sites (tertiary alicyclic amines) is 1. The Labute approximate surface area is 140 Å². The second kappa shape index (κ2) is 9.00. The lowest BCUT2D eigenvalue weighted by Gasteiger charge is -2.37. The first-order chi connectivity index (χ1) is 11.1. The van der Waals surface area contributed by atoms with E-state index in [9.17, 15) is 9.90 Å². The minimum atomic E-state index is -0.578. The van der Waals surface area contributed by atoms with E-state index >= 15 is 0 Å². The van der Waals surface area contributed by atoms with Gasteiger partial charge < -0.3 is 14.7 Å². The van der Waals surface area contributed by atoms with Gasteiger partial charge in [-0.3, -0.25) is 10.1 Å². The molecule has 0 bridgehead atoms. The third-order valence-corrected chi connectivity index (χ3v) is 5.39. The Balaban J connectivity index is 1.81. The zero-order chi connectivity index (χ0) is 16.7. The maximum absolute atomic E-state index is 12.4. The number of nitrogens with zero attached hydrogens (tertiary/aromatic N) is 1. The van der Waals surface area contributed by atoms with E-state index in [1.807, 2.05) is 6.92 Å². The molecule has 2 rings (SSSR count). The van der Waals surface area contributed by atoms with Crippen molar-refractivity contribution >= 4 is 5.97 Å². The number of ether oxygens (including phenoxy) is 1. The van der Waals surface area contributed by atoms with Gasteiger partial charge in [0, 0.05) is 13.1 Å². The number of rotatable bonds is 7. The van der Waals surface area contributed by atoms with Gasteiger partial charge in [0.2, 0.25) is 0 Å². The van der Waals surface area contributed by atoms with E-state index in [1.54, 1.807) is 0 Å². The first-order valence-corrected chi connectivity index (χ1v) is 9.38. The van der Waals surface area contributed by atoms with Crippen LogP contribution in [0.4, 0.5) is 0 Å². The molecular weight excluding hydrogens is 292 g/mol. The third kappa shape index (κ3) is 5.44. The van der Waals surface area contributed by atoms with Crippen molar-refractivity contribution in [1.29, 1.82) is 0 Å². The van der Waals surface area contributed by atoms with Crippen LogP contribution in [-0.2, 0) is 9.53 Å². The van der Waals surface area contributed by atoms with Gasteiger partial charge in [0.05, 0.1) is 12.7 Å². The molecule has 0 aromatic heterocycles. The highest BCUT2D eigenvalue weighted by atomic mass is 16.5. The standard InChI is InChI=1S/C18H34N2O3/c1-3-23-17(22)18(9-5-4-6-10-18)19-13-16(21)14-20-11-7-15(2)8-12-20/h15-16,19,21H,3-14H2,1-2H3. The molecule has 2 aliphatic rings. The number of nitrogens with one attached hydrogen (secondary N) is 1. The number of carbonyl (C=O) groups is 1. The first kappa shape index (κ1) is 18.7. The summed E-state index contributed by atoms with van der Waals surface area (Å²) in [5.74, 6) is 0.662. The van der Waals surface area contributed by atoms with Crippen molar-refractivity contribution in [2.24, 2.45) is 5.92 Å². The summed E-state index contributed by atoms with van der Waals surface area (Å²) in [7, 11) is 0. The Morgan fingerprint density at radius 3 is 2.57 bits per heavy atom. The predicted molar refractivity (Wildman–Crippen MR) is 91.3 cm³/mol. The largest absolute Gasteiger partial charge is 0.465 e. The molecule has 0 aromatic rings. The Bertz CT molecular complexity index is 361. The van der Waals surface area contributed by atoms with Crippen molar-refractivity contribution in [1.82, 2.24) is 10.2 Å². The van der Waals surface area contributed by atoms with Gasteiger partial charge in [-0.25, -0.2) is 0 Å². The number of β-amino-alcohol motifs (C(OH)–C–C–N with tert-alkyl or cyclic N) is 1. The zero-order valence-electron chi connectivity index (χ0n) is 14.9. The van der Waals surface area contributed by atoms with E-state index in [2.05, 4.69) is 17.1 Å². The van der Waals surface area contributed by atoms with Crippen LogP contribution in [0.2, 0.25) is 0 Å². The molecule has 1 aliphatic carbocycles. The van der Waals surface area contributed by atoms with Crippen molar-refractivity contribution < 1.29 is 14.6 Å². The van der Waals surface area contributed by atoms with Crippen LogP contribution >= 0.6 is 0 Å². The lowest BCUT2D eigenvalue weighted by molar-refractivity contribution is -0.153. The second-order valence-electron chi connectivity index (χ2n) is 7.38. The van der Waals surface area contributed by atoms with Crippen LogP contribution in [0.1, 0.15) is 58.8 Å². The molecule has 0 amide bonds. The van der Waals surface area contributed by atoms with Crippen molar-refractivity contribution in [3.63, 3.8) is 0 Å². The van der Waals surface area contributed by atoms with Crippen molar-refractivity contribution in [3.8, 4) is 0 Å². The number of aliphatic hydroxyl groups is 1. The van der Waals surface area contributed by atoms with Crippen molar-refractivity contribution in [3.05, 3.63) is 0 Å². The van der Waals surface area contributed by atoms with E-state index in [0.29, 0.717) is 19.7 Å². The lowest BCUT2D eigenvalue weighted by atomic mass is 9.81. The first-order valence-electron chi connectivity index (χ1n) is 9.38. The third-order valence-electron chi connectivity index (χ3n) is 5.39. The molecule has 5 heteroatoms. The number of carbonyl (C=O) groups excluding carboxylic acids is 1. The van der Waals surface area contributed by atoms with Gasteiger partial charge in [0.15, 0.2) is 0 Å². The smallest absolute Gasteiger partial charge is 0.326 e. The van der Waals surface area contributed by atoms with Gasteiger partial charge >= 0.3 is 5.97 Å². The van der Waals surface area contributed by atoms with Gasteiger partial charge in [-0.1, -0.05) is 26.2 Å². The number of hydrogen-bond acceptors (Lipinski definition) is 5. The van der Waals surface area contributed by atoms with Crippen LogP contribution in [0.15, 0.2) is 0 Å². The van der Waals surface area contributed by atoms with Crippen molar-refractivity contribution in [2.75, 3.05) is 32.8 Å². The summed E-state index contributed by atoms with van der Waals surface area (Å²) in [6.45, 7) is 7.85. The predicted octanol–water partition coefficient (Wildman–Crippen LogP) is 1.93. The summed E-state index contributed by atoms with van der Waals surface area (Å²) in [6, 6.07) is 0. The number of aliphatic hydroxyl groups excluding tert-OH is 1. The topological polar surface area (TPSA) is 61.8 Å². The maximum atomic E-state index is 12.4. The molecule has 5 nitrogen and oxygen atoms in total. The summed E-state index contributed by atoms with van der Waals surface area (Å²) in [6.07, 6.45) is 6.91. The molecule has 0 aromatic carbocycles. The molecule has 1 unspecified atom stereocenters.